The van der Waals surface area contributed by atoms with Crippen molar-refractivity contribution in [2.24, 2.45) is 0 Å². The molecular weight excluding hydrogens is 214 g/mol. The summed E-state index contributed by atoms with van der Waals surface area (Å²) in [6, 6.07) is 1.50. The van der Waals surface area contributed by atoms with Crippen LogP contribution in [-0.4, -0.2) is 33.4 Å². The number of hydrogen-bond acceptors (Lipinski definition) is 6. The van der Waals surface area contributed by atoms with Crippen molar-refractivity contribution in [3.63, 3.8) is 0 Å². The number of anilines is 1. The van der Waals surface area contributed by atoms with E-state index in [0.29, 0.717) is 5.76 Å². The summed E-state index contributed by atoms with van der Waals surface area (Å²) in [7, 11) is 1.52. The van der Waals surface area contributed by atoms with Crippen LogP contribution in [0, 0.1) is 0 Å². The van der Waals surface area contributed by atoms with Crippen molar-refractivity contribution < 1.29 is 14.1 Å². The topological polar surface area (TPSA) is 106 Å². The Balaban J connectivity index is 2.03. The van der Waals surface area contributed by atoms with Gasteiger partial charge in [0.25, 0.3) is 5.91 Å². The predicted octanol–water partition coefficient (Wildman–Crippen LogP) is 0.191. The van der Waals surface area contributed by atoms with Gasteiger partial charge in [0, 0.05) is 13.2 Å². The molecule has 0 unspecified atom stereocenters. The van der Waals surface area contributed by atoms with Crippen molar-refractivity contribution in [1.82, 2.24) is 20.3 Å². The molecule has 0 saturated carbocycles. The highest BCUT2D eigenvalue weighted by Gasteiger charge is 2.13. The minimum atomic E-state index is -0.428. The number of carbonyl (C=O) groups is 1. The predicted molar refractivity (Wildman–Crippen MR) is 51.6 cm³/mol. The zero-order chi connectivity index (χ0) is 11.4. The molecule has 0 atom stereocenters. The summed E-state index contributed by atoms with van der Waals surface area (Å²) in [5, 5.41) is 12.1. The third kappa shape index (κ3) is 2.23. The summed E-state index contributed by atoms with van der Waals surface area (Å²) < 4.78 is 9.70. The Hall–Kier alpha value is -2.22. The molecule has 0 aliphatic heterocycles. The smallest absolute Gasteiger partial charge is 0.280 e. The van der Waals surface area contributed by atoms with Crippen LogP contribution in [0.25, 0.3) is 0 Å². The van der Waals surface area contributed by atoms with E-state index in [0.717, 1.165) is 0 Å². The molecule has 0 aromatic carbocycles. The number of aromatic amines is 1. The zero-order valence-electron chi connectivity index (χ0n) is 8.43. The molecule has 8 heteroatoms. The molecule has 2 rings (SSSR count). The van der Waals surface area contributed by atoms with E-state index in [9.17, 15) is 4.79 Å². The number of amides is 1. The van der Waals surface area contributed by atoms with Gasteiger partial charge in [-0.2, -0.15) is 10.1 Å². The summed E-state index contributed by atoms with van der Waals surface area (Å²) in [6.07, 6.45) is 1.29. The van der Waals surface area contributed by atoms with Crippen LogP contribution in [0.1, 0.15) is 16.2 Å². The molecule has 0 bridgehead atoms. The highest BCUT2D eigenvalue weighted by atomic mass is 16.5. The van der Waals surface area contributed by atoms with Crippen molar-refractivity contribution in [3.8, 4) is 0 Å². The van der Waals surface area contributed by atoms with Crippen LogP contribution in [0.5, 0.6) is 0 Å². The molecule has 0 fully saturated rings. The molecule has 16 heavy (non-hydrogen) atoms. The number of H-pyrrole nitrogens is 1. The number of carbonyl (C=O) groups excluding carboxylic acids is 1. The van der Waals surface area contributed by atoms with Crippen LogP contribution in [0.15, 0.2) is 16.9 Å². The largest absolute Gasteiger partial charge is 0.377 e. The van der Waals surface area contributed by atoms with E-state index in [1.165, 1.54) is 19.5 Å². The fourth-order valence-electron chi connectivity index (χ4n) is 1.07. The minimum Gasteiger partial charge on any atom is -0.377 e. The van der Waals surface area contributed by atoms with Gasteiger partial charge in [-0.05, 0) is 0 Å². The van der Waals surface area contributed by atoms with Gasteiger partial charge >= 0.3 is 0 Å². The molecule has 2 aromatic rings. The second-order valence-corrected chi connectivity index (χ2v) is 2.90. The number of methoxy groups -OCH3 is 1. The van der Waals surface area contributed by atoms with Crippen LogP contribution in [0.3, 0.4) is 0 Å². The molecule has 0 aliphatic carbocycles. The summed E-state index contributed by atoms with van der Waals surface area (Å²) in [6.45, 7) is 0.266. The Morgan fingerprint density at radius 2 is 2.56 bits per heavy atom. The number of ether oxygens (including phenoxy) is 1. The molecule has 2 aromatic heterocycles. The lowest BCUT2D eigenvalue weighted by Gasteiger charge is -1.95. The maximum atomic E-state index is 11.6. The van der Waals surface area contributed by atoms with E-state index >= 15 is 0 Å². The minimum absolute atomic E-state index is 0.156. The zero-order valence-corrected chi connectivity index (χ0v) is 8.43. The van der Waals surface area contributed by atoms with Crippen LogP contribution < -0.4 is 5.32 Å². The van der Waals surface area contributed by atoms with Crippen LogP contribution >= 0.6 is 0 Å². The lowest BCUT2D eigenvalue weighted by Crippen LogP contribution is -2.13. The monoisotopic (exact) mass is 223 g/mol. The van der Waals surface area contributed by atoms with Crippen molar-refractivity contribution in [3.05, 3.63) is 23.8 Å². The first kappa shape index (κ1) is 10.3. The molecule has 2 heterocycles. The molecule has 0 radical (unpaired) electrons. The van der Waals surface area contributed by atoms with Crippen molar-refractivity contribution in [2.75, 3.05) is 12.4 Å². The quantitative estimate of drug-likeness (QED) is 0.766. The van der Waals surface area contributed by atoms with E-state index < -0.39 is 5.91 Å². The van der Waals surface area contributed by atoms with E-state index in [2.05, 4.69) is 25.7 Å². The average Bonchev–Trinajstić information content (AvgIpc) is 2.89. The van der Waals surface area contributed by atoms with Crippen LogP contribution in [0.2, 0.25) is 0 Å². The molecule has 0 saturated heterocycles. The van der Waals surface area contributed by atoms with E-state index in [4.69, 9.17) is 9.26 Å². The highest BCUT2D eigenvalue weighted by Crippen LogP contribution is 2.06. The molecule has 0 spiro atoms. The fraction of sp³-hybridized carbons (Fsp3) is 0.250. The SMILES string of the molecule is COCc1cc(C(=O)Nc2ncn[nH]2)no1. The van der Waals surface area contributed by atoms with Crippen LogP contribution in [0.4, 0.5) is 5.95 Å². The Labute approximate surface area is 90.0 Å². The highest BCUT2D eigenvalue weighted by molar-refractivity contribution is 6.01. The van der Waals surface area contributed by atoms with Gasteiger partial charge in [-0.1, -0.05) is 5.16 Å². The Kier molecular flexibility index (Phi) is 2.92. The van der Waals surface area contributed by atoms with Gasteiger partial charge in [-0.25, -0.2) is 5.10 Å². The number of hydrogen-bond donors (Lipinski definition) is 2. The first-order chi connectivity index (χ1) is 7.79. The molecule has 8 nitrogen and oxygen atoms in total. The van der Waals surface area contributed by atoms with E-state index in [1.54, 1.807) is 0 Å². The Bertz CT molecular complexity index is 464. The van der Waals surface area contributed by atoms with Gasteiger partial charge in [0.05, 0.1) is 0 Å². The van der Waals surface area contributed by atoms with Crippen molar-refractivity contribution in [1.29, 1.82) is 0 Å². The second-order valence-electron chi connectivity index (χ2n) is 2.90. The first-order valence-corrected chi connectivity index (χ1v) is 4.41. The third-order valence-electron chi connectivity index (χ3n) is 1.73. The second kappa shape index (κ2) is 4.53. The fourth-order valence-corrected chi connectivity index (χ4v) is 1.07. The number of nitrogens with zero attached hydrogens (tertiary/aromatic N) is 3. The normalized spacial score (nSPS) is 10.3. The molecule has 0 aliphatic rings. The number of rotatable bonds is 4. The van der Waals surface area contributed by atoms with Gasteiger partial charge in [0.2, 0.25) is 5.95 Å². The third-order valence-corrected chi connectivity index (χ3v) is 1.73. The van der Waals surface area contributed by atoms with Crippen molar-refractivity contribution in [2.45, 2.75) is 6.61 Å². The summed E-state index contributed by atoms with van der Waals surface area (Å²) >= 11 is 0. The maximum absolute atomic E-state index is 11.6. The molecule has 84 valence electrons. The number of nitrogens with one attached hydrogen (secondary N) is 2. The van der Waals surface area contributed by atoms with Gasteiger partial charge in [0.1, 0.15) is 12.9 Å². The van der Waals surface area contributed by atoms with Gasteiger partial charge in [-0.15, -0.1) is 0 Å². The average molecular weight is 223 g/mol. The van der Waals surface area contributed by atoms with Gasteiger partial charge in [-0.3, -0.25) is 10.1 Å². The van der Waals surface area contributed by atoms with E-state index in [1.807, 2.05) is 0 Å². The lowest BCUT2D eigenvalue weighted by molar-refractivity contribution is 0.101. The van der Waals surface area contributed by atoms with E-state index in [-0.39, 0.29) is 18.2 Å². The standard InChI is InChI=1S/C8H9N5O3/c1-15-3-5-2-6(13-16-5)7(14)11-8-9-4-10-12-8/h2,4H,3H2,1H3,(H2,9,10,11,12,14). The van der Waals surface area contributed by atoms with Gasteiger partial charge in [0.15, 0.2) is 11.5 Å². The lowest BCUT2D eigenvalue weighted by atomic mass is 10.3. The molecule has 1 amide bonds. The summed E-state index contributed by atoms with van der Waals surface area (Å²) in [5.74, 6) is 0.300. The summed E-state index contributed by atoms with van der Waals surface area (Å²) in [4.78, 5) is 15.3. The number of aromatic nitrogens is 4. The summed E-state index contributed by atoms with van der Waals surface area (Å²) in [5.41, 5.74) is 0.156. The molecular formula is C8H9N5O3. The van der Waals surface area contributed by atoms with Crippen LogP contribution in [-0.2, 0) is 11.3 Å². The molecule has 2 N–H and O–H groups in total. The Morgan fingerprint density at radius 1 is 1.69 bits per heavy atom. The first-order valence-electron chi connectivity index (χ1n) is 4.41. The van der Waals surface area contributed by atoms with Gasteiger partial charge < -0.3 is 9.26 Å². The van der Waals surface area contributed by atoms with Crippen molar-refractivity contribution >= 4 is 11.9 Å². The maximum Gasteiger partial charge on any atom is 0.280 e. The Morgan fingerprint density at radius 3 is 3.25 bits per heavy atom.